The second-order valence-corrected chi connectivity index (χ2v) is 6.28. The number of alkyl halides is 1. The molecule has 0 radical (unpaired) electrons. The first-order valence-corrected chi connectivity index (χ1v) is 8.17. The molecule has 2 aromatic heterocycles. The van der Waals surface area contributed by atoms with Crippen molar-refractivity contribution in [3.05, 3.63) is 31.0 Å². The summed E-state index contributed by atoms with van der Waals surface area (Å²) in [5.41, 5.74) is 0.416. The average molecular weight is 316 g/mol. The van der Waals surface area contributed by atoms with Gasteiger partial charge in [0.25, 0.3) is 0 Å². The van der Waals surface area contributed by atoms with Gasteiger partial charge in [0.15, 0.2) is 5.82 Å². The second-order valence-electron chi connectivity index (χ2n) is 4.06. The van der Waals surface area contributed by atoms with Gasteiger partial charge in [-0.3, -0.25) is 4.72 Å². The van der Waals surface area contributed by atoms with E-state index in [0.29, 0.717) is 30.2 Å². The smallest absolute Gasteiger partial charge is 0.232 e. The van der Waals surface area contributed by atoms with Crippen LogP contribution in [0.25, 0.3) is 5.82 Å². The number of rotatable bonds is 7. The molecule has 2 aromatic rings. The average Bonchev–Trinajstić information content (AvgIpc) is 2.93. The zero-order valence-electron chi connectivity index (χ0n) is 10.6. The summed E-state index contributed by atoms with van der Waals surface area (Å²) in [5.74, 6) is 1.07. The van der Waals surface area contributed by atoms with Crippen LogP contribution in [0.15, 0.2) is 31.0 Å². The highest BCUT2D eigenvalue weighted by molar-refractivity contribution is 7.92. The highest BCUT2D eigenvalue weighted by Gasteiger charge is 2.10. The molecule has 108 valence electrons. The van der Waals surface area contributed by atoms with Crippen LogP contribution in [0.4, 0.5) is 5.69 Å². The van der Waals surface area contributed by atoms with Crippen LogP contribution in [0.1, 0.15) is 12.8 Å². The summed E-state index contributed by atoms with van der Waals surface area (Å²) in [6.45, 7) is 0. The third-order valence-electron chi connectivity index (χ3n) is 2.47. The number of halogens is 1. The largest absolute Gasteiger partial charge is 0.282 e. The Hall–Kier alpha value is -1.67. The van der Waals surface area contributed by atoms with Crippen molar-refractivity contribution in [3.8, 4) is 5.82 Å². The predicted molar refractivity (Wildman–Crippen MR) is 76.5 cm³/mol. The van der Waals surface area contributed by atoms with Gasteiger partial charge >= 0.3 is 0 Å². The number of anilines is 1. The first-order chi connectivity index (χ1) is 9.61. The van der Waals surface area contributed by atoms with E-state index in [9.17, 15) is 8.42 Å². The fourth-order valence-corrected chi connectivity index (χ4v) is 2.88. The lowest BCUT2D eigenvalue weighted by Crippen LogP contribution is -2.17. The Labute approximate surface area is 122 Å². The van der Waals surface area contributed by atoms with Gasteiger partial charge in [-0.2, -0.15) is 5.10 Å². The fraction of sp³-hybridized carbons (Fsp3) is 0.364. The molecular weight excluding hydrogens is 302 g/mol. The number of unbranched alkanes of at least 4 members (excludes halogenated alkanes) is 1. The van der Waals surface area contributed by atoms with Crippen LogP contribution in [0, 0.1) is 0 Å². The van der Waals surface area contributed by atoms with Crippen LogP contribution < -0.4 is 4.72 Å². The van der Waals surface area contributed by atoms with Crippen LogP contribution >= 0.6 is 11.6 Å². The van der Waals surface area contributed by atoms with Crippen LogP contribution in [-0.2, 0) is 10.0 Å². The number of aromatic nitrogens is 4. The summed E-state index contributed by atoms with van der Waals surface area (Å²) in [4.78, 5) is 7.93. The molecule has 2 heterocycles. The van der Waals surface area contributed by atoms with Gasteiger partial charge in [-0.05, 0) is 25.0 Å². The normalized spacial score (nSPS) is 11.4. The molecule has 0 atom stereocenters. The molecule has 0 fully saturated rings. The number of nitrogens with zero attached hydrogens (tertiary/aromatic N) is 4. The second kappa shape index (κ2) is 6.67. The summed E-state index contributed by atoms with van der Waals surface area (Å²) in [5, 5.41) is 3.93. The fourth-order valence-electron chi connectivity index (χ4n) is 1.53. The molecule has 1 N–H and O–H groups in total. The van der Waals surface area contributed by atoms with E-state index in [1.165, 1.54) is 23.5 Å². The number of hydrogen-bond donors (Lipinski definition) is 1. The molecular formula is C11H14ClN5O2S. The van der Waals surface area contributed by atoms with Crippen LogP contribution in [0.3, 0.4) is 0 Å². The van der Waals surface area contributed by atoms with Crippen LogP contribution in [0.2, 0.25) is 0 Å². The third-order valence-corrected chi connectivity index (χ3v) is 4.11. The zero-order valence-corrected chi connectivity index (χ0v) is 12.2. The van der Waals surface area contributed by atoms with Crippen LogP contribution in [-0.4, -0.2) is 39.8 Å². The van der Waals surface area contributed by atoms with Crippen molar-refractivity contribution in [2.75, 3.05) is 16.4 Å². The van der Waals surface area contributed by atoms with Gasteiger partial charge in [-0.25, -0.2) is 23.1 Å². The zero-order chi connectivity index (χ0) is 14.4. The van der Waals surface area contributed by atoms with E-state index >= 15 is 0 Å². The van der Waals surface area contributed by atoms with E-state index in [4.69, 9.17) is 11.6 Å². The molecule has 9 heteroatoms. The third kappa shape index (κ3) is 4.17. The molecule has 7 nitrogen and oxygen atoms in total. The van der Waals surface area contributed by atoms with Crippen molar-refractivity contribution in [2.45, 2.75) is 12.8 Å². The van der Waals surface area contributed by atoms with Crippen molar-refractivity contribution in [2.24, 2.45) is 0 Å². The molecule has 0 spiro atoms. The topological polar surface area (TPSA) is 89.8 Å². The van der Waals surface area contributed by atoms with Gasteiger partial charge < -0.3 is 0 Å². The van der Waals surface area contributed by atoms with Crippen molar-refractivity contribution in [3.63, 3.8) is 0 Å². The van der Waals surface area contributed by atoms with Gasteiger partial charge in [0.1, 0.15) is 12.7 Å². The Balaban J connectivity index is 2.00. The Morgan fingerprint density at radius 3 is 2.75 bits per heavy atom. The molecule has 2 rings (SSSR count). The summed E-state index contributed by atoms with van der Waals surface area (Å²) >= 11 is 5.52. The van der Waals surface area contributed by atoms with Gasteiger partial charge in [0.05, 0.1) is 17.6 Å². The highest BCUT2D eigenvalue weighted by Crippen LogP contribution is 2.11. The van der Waals surface area contributed by atoms with E-state index in [1.54, 1.807) is 12.1 Å². The number of nitrogens with one attached hydrogen (secondary N) is 1. The summed E-state index contributed by atoms with van der Waals surface area (Å²) in [7, 11) is -3.36. The molecule has 20 heavy (non-hydrogen) atoms. The van der Waals surface area contributed by atoms with E-state index in [0.717, 1.165) is 0 Å². The lowest BCUT2D eigenvalue weighted by molar-refractivity contribution is 0.598. The molecule has 0 aliphatic carbocycles. The minimum Gasteiger partial charge on any atom is -0.282 e. The van der Waals surface area contributed by atoms with E-state index < -0.39 is 10.0 Å². The standard InChI is InChI=1S/C11H14ClN5O2S/c12-5-1-2-6-20(18,19)16-10-3-4-11(14-7-10)17-9-13-8-15-17/h3-4,7-9,16H,1-2,5-6H2. The maximum absolute atomic E-state index is 11.8. The molecule has 0 aliphatic heterocycles. The SMILES string of the molecule is O=S(=O)(CCCCCl)Nc1ccc(-n2cncn2)nc1. The van der Waals surface area contributed by atoms with E-state index in [1.807, 2.05) is 0 Å². The molecule has 0 amide bonds. The molecule has 0 unspecified atom stereocenters. The minimum absolute atomic E-state index is 0.0462. The number of pyridine rings is 1. The van der Waals surface area contributed by atoms with Crippen molar-refractivity contribution >= 4 is 27.3 Å². The summed E-state index contributed by atoms with van der Waals surface area (Å²) in [6, 6.07) is 3.29. The quantitative estimate of drug-likeness (QED) is 0.616. The summed E-state index contributed by atoms with van der Waals surface area (Å²) < 4.78 is 27.5. The minimum atomic E-state index is -3.36. The van der Waals surface area contributed by atoms with Gasteiger partial charge in [-0.15, -0.1) is 11.6 Å². The maximum Gasteiger partial charge on any atom is 0.232 e. The highest BCUT2D eigenvalue weighted by atomic mass is 35.5. The van der Waals surface area contributed by atoms with E-state index in [2.05, 4.69) is 19.8 Å². The molecule has 0 aliphatic rings. The van der Waals surface area contributed by atoms with Crippen molar-refractivity contribution < 1.29 is 8.42 Å². The predicted octanol–water partition coefficient (Wildman–Crippen LogP) is 1.42. The summed E-state index contributed by atoms with van der Waals surface area (Å²) in [6.07, 6.45) is 5.55. The number of sulfonamides is 1. The van der Waals surface area contributed by atoms with Gasteiger partial charge in [-0.1, -0.05) is 0 Å². The Bertz CT molecular complexity index is 627. The van der Waals surface area contributed by atoms with Crippen LogP contribution in [0.5, 0.6) is 0 Å². The Morgan fingerprint density at radius 1 is 1.30 bits per heavy atom. The Kier molecular flexibility index (Phi) is 4.91. The van der Waals surface area contributed by atoms with Crippen molar-refractivity contribution in [1.82, 2.24) is 19.7 Å². The lowest BCUT2D eigenvalue weighted by atomic mass is 10.4. The maximum atomic E-state index is 11.8. The van der Waals surface area contributed by atoms with Gasteiger partial charge in [0, 0.05) is 5.88 Å². The lowest BCUT2D eigenvalue weighted by Gasteiger charge is -2.07. The molecule has 0 aromatic carbocycles. The van der Waals surface area contributed by atoms with Crippen molar-refractivity contribution in [1.29, 1.82) is 0 Å². The molecule has 0 bridgehead atoms. The van der Waals surface area contributed by atoms with Gasteiger partial charge in [0.2, 0.25) is 10.0 Å². The molecule has 0 saturated heterocycles. The monoisotopic (exact) mass is 315 g/mol. The van der Waals surface area contributed by atoms with E-state index in [-0.39, 0.29) is 5.75 Å². The Morgan fingerprint density at radius 2 is 2.15 bits per heavy atom. The molecule has 0 saturated carbocycles. The first-order valence-electron chi connectivity index (χ1n) is 5.98. The first kappa shape index (κ1) is 14.7. The number of hydrogen-bond acceptors (Lipinski definition) is 5.